The van der Waals surface area contributed by atoms with Crippen LogP contribution in [0.5, 0.6) is 0 Å². The minimum Gasteiger partial charge on any atom is -0.385 e. The Morgan fingerprint density at radius 3 is 2.75 bits per heavy atom. The fourth-order valence-electron chi connectivity index (χ4n) is 2.20. The van der Waals surface area contributed by atoms with E-state index in [9.17, 15) is 4.79 Å². The van der Waals surface area contributed by atoms with E-state index in [0.717, 1.165) is 30.7 Å². The second-order valence-corrected chi connectivity index (χ2v) is 5.74. The van der Waals surface area contributed by atoms with Gasteiger partial charge in [0.25, 0.3) is 0 Å². The van der Waals surface area contributed by atoms with Crippen LogP contribution in [0.15, 0.2) is 41.8 Å². The number of anilines is 1. The van der Waals surface area contributed by atoms with Crippen molar-refractivity contribution in [2.75, 3.05) is 11.9 Å². The van der Waals surface area contributed by atoms with Crippen molar-refractivity contribution in [3.63, 3.8) is 0 Å². The summed E-state index contributed by atoms with van der Waals surface area (Å²) in [4.78, 5) is 12.7. The number of thiophene rings is 1. The van der Waals surface area contributed by atoms with Crippen LogP contribution in [0.4, 0.5) is 5.69 Å². The Kier molecular flexibility index (Phi) is 5.81. The number of carbonyl (C=O) groups excluding carboxylic acids is 1. The second-order valence-electron chi connectivity index (χ2n) is 4.80. The third kappa shape index (κ3) is 4.20. The highest BCUT2D eigenvalue weighted by molar-refractivity contribution is 7.12. The summed E-state index contributed by atoms with van der Waals surface area (Å²) in [5.41, 5.74) is 2.57. The zero-order chi connectivity index (χ0) is 14.2. The van der Waals surface area contributed by atoms with E-state index in [1.54, 1.807) is 0 Å². The number of ketones is 1. The van der Waals surface area contributed by atoms with Crippen LogP contribution in [0, 0.1) is 0 Å². The van der Waals surface area contributed by atoms with E-state index in [1.165, 1.54) is 22.6 Å². The summed E-state index contributed by atoms with van der Waals surface area (Å²) in [6.45, 7) is 3.09. The van der Waals surface area contributed by atoms with Gasteiger partial charge in [-0.25, -0.2) is 0 Å². The maximum absolute atomic E-state index is 11.8. The van der Waals surface area contributed by atoms with Crippen molar-refractivity contribution in [3.8, 4) is 0 Å². The van der Waals surface area contributed by atoms with Gasteiger partial charge >= 0.3 is 0 Å². The Morgan fingerprint density at radius 2 is 2.00 bits per heavy atom. The topological polar surface area (TPSA) is 29.1 Å². The first-order chi connectivity index (χ1) is 9.81. The minimum atomic E-state index is 0.272. The molecule has 0 saturated carbocycles. The molecule has 0 fully saturated rings. The van der Waals surface area contributed by atoms with E-state index in [-0.39, 0.29) is 5.78 Å². The molecule has 20 heavy (non-hydrogen) atoms. The van der Waals surface area contributed by atoms with Gasteiger partial charge in [-0.05, 0) is 42.3 Å². The van der Waals surface area contributed by atoms with Crippen LogP contribution in [0.1, 0.15) is 41.4 Å². The van der Waals surface area contributed by atoms with Gasteiger partial charge in [-0.3, -0.25) is 4.79 Å². The quantitative estimate of drug-likeness (QED) is 0.559. The van der Waals surface area contributed by atoms with Gasteiger partial charge in [0.05, 0.1) is 4.88 Å². The first kappa shape index (κ1) is 14.8. The fourth-order valence-corrected chi connectivity index (χ4v) is 2.89. The molecule has 0 aliphatic carbocycles. The van der Waals surface area contributed by atoms with Gasteiger partial charge in [-0.15, -0.1) is 11.3 Å². The second kappa shape index (κ2) is 7.85. The van der Waals surface area contributed by atoms with Crippen LogP contribution < -0.4 is 5.32 Å². The van der Waals surface area contributed by atoms with Crippen molar-refractivity contribution < 1.29 is 4.79 Å². The van der Waals surface area contributed by atoms with Crippen LogP contribution in [0.25, 0.3) is 0 Å². The third-order valence-corrected chi connectivity index (χ3v) is 4.25. The van der Waals surface area contributed by atoms with Crippen molar-refractivity contribution in [1.29, 1.82) is 0 Å². The van der Waals surface area contributed by atoms with E-state index in [0.29, 0.717) is 6.42 Å². The van der Waals surface area contributed by atoms with E-state index in [1.807, 2.05) is 17.5 Å². The van der Waals surface area contributed by atoms with E-state index in [4.69, 9.17) is 0 Å². The number of Topliss-reactive ketones (excluding diaryl/α,β-unsaturated/α-hetero) is 1. The number of hydrogen-bond donors (Lipinski definition) is 1. The summed E-state index contributed by atoms with van der Waals surface area (Å²) in [5, 5.41) is 5.42. The zero-order valence-electron chi connectivity index (χ0n) is 11.9. The lowest BCUT2D eigenvalue weighted by atomic mass is 10.1. The molecule has 1 aromatic heterocycles. The monoisotopic (exact) mass is 287 g/mol. The predicted molar refractivity (Wildman–Crippen MR) is 86.8 cm³/mol. The number of benzene rings is 1. The molecule has 0 unspecified atom stereocenters. The molecular weight excluding hydrogens is 266 g/mol. The molecule has 3 heteroatoms. The Labute approximate surface area is 124 Å². The molecule has 0 aliphatic heterocycles. The summed E-state index contributed by atoms with van der Waals surface area (Å²) in [6, 6.07) is 12.2. The zero-order valence-corrected chi connectivity index (χ0v) is 12.7. The fraction of sp³-hybridized carbons (Fsp3) is 0.353. The van der Waals surface area contributed by atoms with Gasteiger partial charge in [-0.2, -0.15) is 0 Å². The summed E-state index contributed by atoms with van der Waals surface area (Å²) in [7, 11) is 0. The predicted octanol–water partition coefficient (Wildman–Crippen LogP) is 4.78. The average Bonchev–Trinajstić information content (AvgIpc) is 3.01. The molecule has 0 aliphatic rings. The van der Waals surface area contributed by atoms with Crippen LogP contribution in [-0.4, -0.2) is 12.3 Å². The van der Waals surface area contributed by atoms with Crippen LogP contribution in [-0.2, 0) is 6.42 Å². The Morgan fingerprint density at radius 1 is 1.15 bits per heavy atom. The van der Waals surface area contributed by atoms with Crippen LogP contribution in [0.3, 0.4) is 0 Å². The maximum atomic E-state index is 11.8. The van der Waals surface area contributed by atoms with Crippen LogP contribution >= 0.6 is 11.3 Å². The van der Waals surface area contributed by atoms with Gasteiger partial charge < -0.3 is 5.32 Å². The average molecular weight is 287 g/mol. The smallest absolute Gasteiger partial charge is 0.172 e. The van der Waals surface area contributed by atoms with Crippen molar-refractivity contribution in [2.24, 2.45) is 0 Å². The molecule has 0 spiro atoms. The first-order valence-corrected chi connectivity index (χ1v) is 8.07. The molecule has 2 aromatic rings. The maximum Gasteiger partial charge on any atom is 0.172 e. The highest BCUT2D eigenvalue weighted by Crippen LogP contribution is 2.16. The van der Waals surface area contributed by atoms with E-state index in [2.05, 4.69) is 36.5 Å². The normalized spacial score (nSPS) is 10.4. The Balaban J connectivity index is 1.68. The molecule has 106 valence electrons. The lowest BCUT2D eigenvalue weighted by Gasteiger charge is -2.10. The van der Waals surface area contributed by atoms with E-state index < -0.39 is 0 Å². The molecule has 0 amide bonds. The highest BCUT2D eigenvalue weighted by Gasteiger charge is 2.05. The molecule has 2 nitrogen and oxygen atoms in total. The largest absolute Gasteiger partial charge is 0.385 e. The number of rotatable bonds is 8. The number of carbonyl (C=O) groups is 1. The van der Waals surface area contributed by atoms with Gasteiger partial charge in [0, 0.05) is 18.7 Å². The molecule has 0 saturated heterocycles. The van der Waals surface area contributed by atoms with Gasteiger partial charge in [0.1, 0.15) is 0 Å². The third-order valence-electron chi connectivity index (χ3n) is 3.34. The minimum absolute atomic E-state index is 0.272. The number of hydrogen-bond acceptors (Lipinski definition) is 3. The summed E-state index contributed by atoms with van der Waals surface area (Å²) >= 11 is 1.53. The van der Waals surface area contributed by atoms with Crippen molar-refractivity contribution in [1.82, 2.24) is 0 Å². The SMILES string of the molecule is CCc1ccccc1NCCCCC(=O)c1cccs1. The van der Waals surface area contributed by atoms with Crippen LogP contribution in [0.2, 0.25) is 0 Å². The molecule has 0 atom stereocenters. The number of para-hydroxylation sites is 1. The molecule has 1 N–H and O–H groups in total. The van der Waals surface area contributed by atoms with Crippen molar-refractivity contribution in [2.45, 2.75) is 32.6 Å². The lowest BCUT2D eigenvalue weighted by Crippen LogP contribution is -2.05. The molecule has 0 bridgehead atoms. The standard InChI is InChI=1S/C17H21NOS/c1-2-14-8-3-4-9-15(14)18-12-6-5-10-16(19)17-11-7-13-20-17/h3-4,7-9,11,13,18H,2,5-6,10,12H2,1H3. The number of unbranched alkanes of at least 4 members (excludes halogenated alkanes) is 1. The van der Waals surface area contributed by atoms with Gasteiger partial charge in [0.15, 0.2) is 5.78 Å². The molecule has 1 heterocycles. The Bertz CT molecular complexity index is 534. The van der Waals surface area contributed by atoms with Gasteiger partial charge in [0.2, 0.25) is 0 Å². The molecular formula is C17H21NOS. The Hall–Kier alpha value is -1.61. The van der Waals surface area contributed by atoms with Crippen molar-refractivity contribution >= 4 is 22.8 Å². The number of aryl methyl sites for hydroxylation is 1. The lowest BCUT2D eigenvalue weighted by molar-refractivity contribution is 0.0983. The molecule has 0 radical (unpaired) electrons. The summed E-state index contributed by atoms with van der Waals surface area (Å²) < 4.78 is 0. The van der Waals surface area contributed by atoms with Crippen molar-refractivity contribution in [3.05, 3.63) is 52.2 Å². The van der Waals surface area contributed by atoms with Gasteiger partial charge in [-0.1, -0.05) is 31.2 Å². The molecule has 1 aromatic carbocycles. The number of nitrogens with one attached hydrogen (secondary N) is 1. The summed E-state index contributed by atoms with van der Waals surface area (Å²) in [6.07, 6.45) is 3.66. The highest BCUT2D eigenvalue weighted by atomic mass is 32.1. The first-order valence-electron chi connectivity index (χ1n) is 7.19. The van der Waals surface area contributed by atoms with E-state index >= 15 is 0 Å². The summed E-state index contributed by atoms with van der Waals surface area (Å²) in [5.74, 6) is 0.272. The molecule has 2 rings (SSSR count).